The largest absolute Gasteiger partial charge is 0.475 e. The van der Waals surface area contributed by atoms with Crippen molar-refractivity contribution in [3.8, 4) is 0 Å². The molecule has 1 aliphatic carbocycles. The molecular weight excluding hydrogens is 230 g/mol. The highest BCUT2D eigenvalue weighted by molar-refractivity contribution is 5.86. The third-order valence-electron chi connectivity index (χ3n) is 3.73. The summed E-state index contributed by atoms with van der Waals surface area (Å²) >= 11 is 0. The van der Waals surface area contributed by atoms with Crippen molar-refractivity contribution in [1.29, 1.82) is 0 Å². The van der Waals surface area contributed by atoms with Crippen LogP contribution >= 0.6 is 0 Å². The Morgan fingerprint density at radius 3 is 3.06 bits per heavy atom. The molecule has 18 heavy (non-hydrogen) atoms. The van der Waals surface area contributed by atoms with Crippen LogP contribution in [-0.2, 0) is 6.54 Å². The van der Waals surface area contributed by atoms with E-state index in [1.54, 1.807) is 6.07 Å². The van der Waals surface area contributed by atoms with Crippen LogP contribution in [0.3, 0.4) is 0 Å². The number of carboxylic acid groups (broad SMARTS) is 1. The van der Waals surface area contributed by atoms with Crippen LogP contribution in [-0.4, -0.2) is 17.1 Å². The third-order valence-corrected chi connectivity index (χ3v) is 3.73. The van der Waals surface area contributed by atoms with E-state index in [1.807, 2.05) is 0 Å². The maximum atomic E-state index is 10.9. The molecule has 1 fully saturated rings. The third kappa shape index (κ3) is 3.13. The highest BCUT2D eigenvalue weighted by Crippen LogP contribution is 2.35. The summed E-state index contributed by atoms with van der Waals surface area (Å²) in [5.41, 5.74) is 1.12. The number of carboxylic acids is 1. The Morgan fingerprint density at radius 2 is 2.39 bits per heavy atom. The van der Waals surface area contributed by atoms with E-state index < -0.39 is 5.97 Å². The highest BCUT2D eigenvalue weighted by Gasteiger charge is 2.27. The van der Waals surface area contributed by atoms with Gasteiger partial charge in [-0.05, 0) is 30.7 Å². The molecule has 0 aliphatic heterocycles. The van der Waals surface area contributed by atoms with E-state index >= 15 is 0 Å². The summed E-state index contributed by atoms with van der Waals surface area (Å²) in [5, 5.41) is 12.4. The molecule has 1 unspecified atom stereocenters. The minimum Gasteiger partial charge on any atom is -0.475 e. The first-order valence-corrected chi connectivity index (χ1v) is 6.51. The molecule has 0 aromatic carbocycles. The maximum absolute atomic E-state index is 10.9. The van der Waals surface area contributed by atoms with Gasteiger partial charge in [0.2, 0.25) is 5.76 Å². The van der Waals surface area contributed by atoms with Gasteiger partial charge >= 0.3 is 5.97 Å². The zero-order valence-corrected chi connectivity index (χ0v) is 11.0. The normalized spacial score (nSPS) is 22.9. The van der Waals surface area contributed by atoms with Crippen LogP contribution in [0.15, 0.2) is 16.7 Å². The van der Waals surface area contributed by atoms with Gasteiger partial charge < -0.3 is 14.8 Å². The van der Waals surface area contributed by atoms with Gasteiger partial charge in [-0.2, -0.15) is 0 Å². The fourth-order valence-electron chi connectivity index (χ4n) is 2.79. The van der Waals surface area contributed by atoms with E-state index in [2.05, 4.69) is 19.2 Å². The Morgan fingerprint density at radius 1 is 1.61 bits per heavy atom. The minimum absolute atomic E-state index is 0.0533. The van der Waals surface area contributed by atoms with Gasteiger partial charge in [0, 0.05) is 18.2 Å². The van der Waals surface area contributed by atoms with Crippen LogP contribution in [0.2, 0.25) is 0 Å². The second-order valence-electron chi connectivity index (χ2n) is 5.92. The van der Waals surface area contributed by atoms with Crippen LogP contribution in [0, 0.1) is 5.41 Å². The van der Waals surface area contributed by atoms with Gasteiger partial charge in [0.25, 0.3) is 0 Å². The van der Waals surface area contributed by atoms with Gasteiger partial charge in [-0.25, -0.2) is 4.79 Å². The quantitative estimate of drug-likeness (QED) is 0.863. The van der Waals surface area contributed by atoms with Crippen LogP contribution in [0.5, 0.6) is 0 Å². The van der Waals surface area contributed by atoms with Crippen molar-refractivity contribution in [3.05, 3.63) is 23.7 Å². The first kappa shape index (κ1) is 13.1. The zero-order valence-electron chi connectivity index (χ0n) is 11.0. The van der Waals surface area contributed by atoms with Crippen molar-refractivity contribution in [1.82, 2.24) is 5.32 Å². The Kier molecular flexibility index (Phi) is 3.76. The summed E-state index contributed by atoms with van der Waals surface area (Å²) < 4.78 is 4.97. The van der Waals surface area contributed by atoms with E-state index in [0.717, 1.165) is 12.0 Å². The van der Waals surface area contributed by atoms with Crippen molar-refractivity contribution >= 4 is 5.97 Å². The summed E-state index contributed by atoms with van der Waals surface area (Å²) in [7, 11) is 0. The molecule has 2 rings (SSSR count). The molecule has 1 atom stereocenters. The average molecular weight is 251 g/mol. The van der Waals surface area contributed by atoms with Gasteiger partial charge in [-0.1, -0.05) is 20.3 Å². The highest BCUT2D eigenvalue weighted by atomic mass is 16.4. The van der Waals surface area contributed by atoms with E-state index in [9.17, 15) is 4.79 Å². The Balaban J connectivity index is 1.91. The molecule has 1 saturated carbocycles. The minimum atomic E-state index is -0.999. The van der Waals surface area contributed by atoms with E-state index in [-0.39, 0.29) is 5.76 Å². The van der Waals surface area contributed by atoms with Crippen molar-refractivity contribution in [2.24, 2.45) is 5.41 Å². The Bertz CT molecular complexity index is 422. The van der Waals surface area contributed by atoms with E-state index in [4.69, 9.17) is 9.52 Å². The maximum Gasteiger partial charge on any atom is 0.372 e. The number of nitrogens with one attached hydrogen (secondary N) is 1. The van der Waals surface area contributed by atoms with Crippen LogP contribution in [0.1, 0.15) is 55.6 Å². The molecule has 1 aromatic rings. The van der Waals surface area contributed by atoms with Gasteiger partial charge in [0.15, 0.2) is 0 Å². The second-order valence-corrected chi connectivity index (χ2v) is 5.92. The van der Waals surface area contributed by atoms with E-state index in [1.165, 1.54) is 25.5 Å². The molecule has 100 valence electrons. The predicted octanol–water partition coefficient (Wildman–Crippen LogP) is 3.04. The smallest absolute Gasteiger partial charge is 0.372 e. The molecular formula is C14H21NO3. The molecule has 0 amide bonds. The predicted molar refractivity (Wildman–Crippen MR) is 68.5 cm³/mol. The standard InChI is InChI=1S/C14H21NO3/c1-14(2)6-3-4-11(8-14)15-9-10-5-7-18-12(10)13(16)17/h5,7,11,15H,3-4,6,8-9H2,1-2H3,(H,16,17). The fourth-order valence-corrected chi connectivity index (χ4v) is 2.79. The lowest BCUT2D eigenvalue weighted by Gasteiger charge is -2.35. The summed E-state index contributed by atoms with van der Waals surface area (Å²) in [5.74, 6) is -0.946. The van der Waals surface area contributed by atoms with Gasteiger partial charge in [-0.15, -0.1) is 0 Å². The monoisotopic (exact) mass is 251 g/mol. The van der Waals surface area contributed by atoms with Crippen LogP contribution in [0.4, 0.5) is 0 Å². The topological polar surface area (TPSA) is 62.5 Å². The molecule has 0 bridgehead atoms. The molecule has 0 radical (unpaired) electrons. The molecule has 4 nitrogen and oxygen atoms in total. The zero-order chi connectivity index (χ0) is 13.2. The molecule has 1 aromatic heterocycles. The van der Waals surface area contributed by atoms with Crippen LogP contribution in [0.25, 0.3) is 0 Å². The van der Waals surface area contributed by atoms with Gasteiger partial charge in [-0.3, -0.25) is 0 Å². The SMILES string of the molecule is CC1(C)CCCC(NCc2ccoc2C(=O)O)C1. The summed E-state index contributed by atoms with van der Waals surface area (Å²) in [6.45, 7) is 5.15. The first-order chi connectivity index (χ1) is 8.48. The van der Waals surface area contributed by atoms with Gasteiger partial charge in [0.1, 0.15) is 0 Å². The average Bonchev–Trinajstić information content (AvgIpc) is 2.73. The molecule has 2 N–H and O–H groups in total. The number of carbonyl (C=O) groups is 1. The molecule has 0 spiro atoms. The molecule has 1 heterocycles. The number of rotatable bonds is 4. The summed E-state index contributed by atoms with van der Waals surface area (Å²) in [6.07, 6.45) is 6.27. The first-order valence-electron chi connectivity index (χ1n) is 6.51. The van der Waals surface area contributed by atoms with Crippen molar-refractivity contribution < 1.29 is 14.3 Å². The lowest BCUT2D eigenvalue weighted by molar-refractivity contribution is 0.0660. The van der Waals surface area contributed by atoms with Gasteiger partial charge in [0.05, 0.1) is 6.26 Å². The number of hydrogen-bond donors (Lipinski definition) is 2. The fraction of sp³-hybridized carbons (Fsp3) is 0.643. The number of aromatic carboxylic acids is 1. The summed E-state index contributed by atoms with van der Waals surface area (Å²) in [6, 6.07) is 2.20. The molecule has 1 aliphatic rings. The van der Waals surface area contributed by atoms with Crippen molar-refractivity contribution in [2.75, 3.05) is 0 Å². The van der Waals surface area contributed by atoms with Crippen molar-refractivity contribution in [3.63, 3.8) is 0 Å². The number of hydrogen-bond acceptors (Lipinski definition) is 3. The molecule has 0 saturated heterocycles. The Labute approximate surface area is 107 Å². The van der Waals surface area contributed by atoms with E-state index in [0.29, 0.717) is 18.0 Å². The summed E-state index contributed by atoms with van der Waals surface area (Å²) in [4.78, 5) is 10.9. The molecule has 4 heteroatoms. The van der Waals surface area contributed by atoms with Crippen molar-refractivity contribution in [2.45, 2.75) is 52.1 Å². The second kappa shape index (κ2) is 5.14. The lowest BCUT2D eigenvalue weighted by atomic mass is 9.75. The van der Waals surface area contributed by atoms with Crippen LogP contribution < -0.4 is 5.32 Å². The Hall–Kier alpha value is -1.29. The number of furan rings is 1. The lowest BCUT2D eigenvalue weighted by Crippen LogP contribution is -2.37.